The first-order chi connectivity index (χ1) is 12.1. The molecule has 3 unspecified atom stereocenters. The molecule has 2 aliphatic rings. The molecule has 128 valence electrons. The van der Waals surface area contributed by atoms with E-state index in [2.05, 4.69) is 39.5 Å². The van der Waals surface area contributed by atoms with Crippen LogP contribution in [-0.4, -0.2) is 18.2 Å². The summed E-state index contributed by atoms with van der Waals surface area (Å²) in [6.45, 7) is 0. The Labute approximate surface area is 154 Å². The average molecular weight is 400 g/mol. The van der Waals surface area contributed by atoms with Crippen molar-refractivity contribution in [2.75, 3.05) is 12.4 Å². The third-order valence-electron chi connectivity index (χ3n) is 5.12. The van der Waals surface area contributed by atoms with Gasteiger partial charge < -0.3 is 15.2 Å². The van der Waals surface area contributed by atoms with Crippen molar-refractivity contribution in [3.63, 3.8) is 0 Å². The molecule has 4 nitrogen and oxygen atoms in total. The Morgan fingerprint density at radius 3 is 2.92 bits per heavy atom. The molecule has 0 saturated carbocycles. The van der Waals surface area contributed by atoms with Crippen LogP contribution in [0.25, 0.3) is 0 Å². The number of fused-ring (bicyclic) bond motifs is 3. The molecular weight excluding hydrogens is 382 g/mol. The van der Waals surface area contributed by atoms with E-state index in [0.29, 0.717) is 11.5 Å². The highest BCUT2D eigenvalue weighted by molar-refractivity contribution is 9.10. The minimum Gasteiger partial charge on any atom is -0.497 e. The normalized spacial score (nSPS) is 23.5. The van der Waals surface area contributed by atoms with Crippen LogP contribution in [0.3, 0.4) is 0 Å². The van der Waals surface area contributed by atoms with Gasteiger partial charge in [-0.15, -0.1) is 0 Å². The summed E-state index contributed by atoms with van der Waals surface area (Å²) in [5.41, 5.74) is 3.18. The Kier molecular flexibility index (Phi) is 4.04. The van der Waals surface area contributed by atoms with Crippen molar-refractivity contribution in [3.8, 4) is 5.75 Å². The lowest BCUT2D eigenvalue weighted by atomic mass is 9.76. The van der Waals surface area contributed by atoms with Gasteiger partial charge in [0.2, 0.25) is 0 Å². The molecule has 4 rings (SSSR count). The number of rotatable bonds is 3. The highest BCUT2D eigenvalue weighted by atomic mass is 79.9. The standard InChI is InChI=1S/C20H18BrNO3/c1-25-13-5-2-4-11(8-13)18-15-7-3-6-14(15)16-9-12(21)10-17(20(23)24)19(16)22-18/h2-6,8-10,14-15,18,22H,7H2,1H3,(H,23,24). The number of ether oxygens (including phenoxy) is 1. The first-order valence-corrected chi connectivity index (χ1v) is 9.01. The average Bonchev–Trinajstić information content (AvgIpc) is 3.10. The van der Waals surface area contributed by atoms with Crippen LogP contribution in [0.1, 0.15) is 39.9 Å². The number of methoxy groups -OCH3 is 1. The summed E-state index contributed by atoms with van der Waals surface area (Å²) >= 11 is 3.45. The zero-order valence-corrected chi connectivity index (χ0v) is 15.3. The van der Waals surface area contributed by atoms with Gasteiger partial charge in [0.05, 0.1) is 24.4 Å². The van der Waals surface area contributed by atoms with Gasteiger partial charge in [-0.05, 0) is 47.7 Å². The monoisotopic (exact) mass is 399 g/mol. The van der Waals surface area contributed by atoms with E-state index in [9.17, 15) is 9.90 Å². The quantitative estimate of drug-likeness (QED) is 0.714. The van der Waals surface area contributed by atoms with Gasteiger partial charge in [0.1, 0.15) is 5.75 Å². The summed E-state index contributed by atoms with van der Waals surface area (Å²) in [5.74, 6) is 0.454. The van der Waals surface area contributed by atoms with Gasteiger partial charge in [-0.25, -0.2) is 4.79 Å². The fourth-order valence-corrected chi connectivity index (χ4v) is 4.47. The molecule has 1 aliphatic heterocycles. The maximum atomic E-state index is 11.8. The van der Waals surface area contributed by atoms with Crippen LogP contribution in [0.5, 0.6) is 5.75 Å². The van der Waals surface area contributed by atoms with Crippen molar-refractivity contribution in [3.05, 3.63) is 69.7 Å². The zero-order valence-electron chi connectivity index (χ0n) is 13.7. The largest absolute Gasteiger partial charge is 0.497 e. The topological polar surface area (TPSA) is 58.6 Å². The molecule has 0 fully saturated rings. The van der Waals surface area contributed by atoms with Crippen LogP contribution in [0.2, 0.25) is 0 Å². The zero-order chi connectivity index (χ0) is 17.6. The third kappa shape index (κ3) is 2.72. The summed E-state index contributed by atoms with van der Waals surface area (Å²) in [7, 11) is 1.66. The number of carboxylic acid groups (broad SMARTS) is 1. The van der Waals surface area contributed by atoms with Crippen LogP contribution >= 0.6 is 15.9 Å². The molecule has 1 heterocycles. The highest BCUT2D eigenvalue weighted by Gasteiger charge is 2.39. The van der Waals surface area contributed by atoms with E-state index < -0.39 is 5.97 Å². The van der Waals surface area contributed by atoms with E-state index in [4.69, 9.17) is 4.74 Å². The number of halogens is 1. The summed E-state index contributed by atoms with van der Waals surface area (Å²) in [6, 6.07) is 11.7. The number of hydrogen-bond acceptors (Lipinski definition) is 3. The van der Waals surface area contributed by atoms with Crippen LogP contribution < -0.4 is 10.1 Å². The maximum Gasteiger partial charge on any atom is 0.337 e. The van der Waals surface area contributed by atoms with Crippen LogP contribution in [-0.2, 0) is 0 Å². The molecule has 0 radical (unpaired) electrons. The predicted molar refractivity (Wildman–Crippen MR) is 100 cm³/mol. The second kappa shape index (κ2) is 6.23. The lowest BCUT2D eigenvalue weighted by Gasteiger charge is -2.38. The number of carboxylic acids is 1. The van der Waals surface area contributed by atoms with Crippen molar-refractivity contribution >= 4 is 27.6 Å². The smallest absolute Gasteiger partial charge is 0.337 e. The molecule has 2 N–H and O–H groups in total. The lowest BCUT2D eigenvalue weighted by molar-refractivity contribution is 0.0697. The third-order valence-corrected chi connectivity index (χ3v) is 5.57. The highest BCUT2D eigenvalue weighted by Crippen LogP contribution is 2.51. The number of allylic oxidation sites excluding steroid dienone is 2. The first-order valence-electron chi connectivity index (χ1n) is 8.22. The lowest BCUT2D eigenvalue weighted by Crippen LogP contribution is -2.30. The van der Waals surface area contributed by atoms with Crippen molar-refractivity contribution in [1.29, 1.82) is 0 Å². The molecule has 2 aromatic rings. The molecule has 3 atom stereocenters. The molecule has 0 bridgehead atoms. The Bertz CT molecular complexity index is 877. The molecule has 0 saturated heterocycles. The van der Waals surface area contributed by atoms with Crippen LogP contribution in [0.15, 0.2) is 53.0 Å². The molecule has 0 aromatic heterocycles. The summed E-state index contributed by atoms with van der Waals surface area (Å²) in [4.78, 5) is 11.8. The SMILES string of the molecule is COc1cccc(C2Nc3c(C(=O)O)cc(Br)cc3C3C=CCC32)c1. The van der Waals surface area contributed by atoms with Crippen molar-refractivity contribution in [2.24, 2.45) is 5.92 Å². The molecule has 0 spiro atoms. The van der Waals surface area contributed by atoms with E-state index in [-0.39, 0.29) is 12.0 Å². The fraction of sp³-hybridized carbons (Fsp3) is 0.250. The van der Waals surface area contributed by atoms with Crippen LogP contribution in [0, 0.1) is 5.92 Å². The molecule has 0 amide bonds. The molecule has 25 heavy (non-hydrogen) atoms. The summed E-state index contributed by atoms with van der Waals surface area (Å²) in [6.07, 6.45) is 5.37. The van der Waals surface area contributed by atoms with Gasteiger partial charge in [0.15, 0.2) is 0 Å². The molecular formula is C20H18BrNO3. The van der Waals surface area contributed by atoms with Crippen LogP contribution in [0.4, 0.5) is 5.69 Å². The second-order valence-electron chi connectivity index (χ2n) is 6.47. The number of benzene rings is 2. The Morgan fingerprint density at radius 1 is 1.32 bits per heavy atom. The van der Waals surface area contributed by atoms with E-state index in [1.165, 1.54) is 0 Å². The Balaban J connectivity index is 1.85. The number of aromatic carboxylic acids is 1. The molecule has 2 aromatic carbocycles. The van der Waals surface area contributed by atoms with Gasteiger partial charge in [0, 0.05) is 10.4 Å². The number of carbonyl (C=O) groups is 1. The number of anilines is 1. The van der Waals surface area contributed by atoms with Gasteiger partial charge >= 0.3 is 5.97 Å². The summed E-state index contributed by atoms with van der Waals surface area (Å²) in [5, 5.41) is 13.2. The van der Waals surface area contributed by atoms with E-state index in [1.54, 1.807) is 13.2 Å². The van der Waals surface area contributed by atoms with E-state index in [0.717, 1.165) is 33.5 Å². The predicted octanol–water partition coefficient (Wildman–Crippen LogP) is 4.98. The summed E-state index contributed by atoms with van der Waals surface area (Å²) < 4.78 is 6.16. The Morgan fingerprint density at radius 2 is 2.16 bits per heavy atom. The number of hydrogen-bond donors (Lipinski definition) is 2. The van der Waals surface area contributed by atoms with Gasteiger partial charge in [-0.1, -0.05) is 40.2 Å². The van der Waals surface area contributed by atoms with Gasteiger partial charge in [-0.2, -0.15) is 0 Å². The first kappa shape index (κ1) is 16.2. The maximum absolute atomic E-state index is 11.8. The minimum atomic E-state index is -0.921. The fourth-order valence-electron chi connectivity index (χ4n) is 4.00. The molecule has 1 aliphatic carbocycles. The van der Waals surface area contributed by atoms with Crippen molar-refractivity contribution < 1.29 is 14.6 Å². The van der Waals surface area contributed by atoms with Crippen molar-refractivity contribution in [2.45, 2.75) is 18.4 Å². The second-order valence-corrected chi connectivity index (χ2v) is 7.39. The number of nitrogens with one attached hydrogen (secondary N) is 1. The van der Waals surface area contributed by atoms with Gasteiger partial charge in [0.25, 0.3) is 0 Å². The molecule has 5 heteroatoms. The Hall–Kier alpha value is -2.27. The van der Waals surface area contributed by atoms with E-state index >= 15 is 0 Å². The van der Waals surface area contributed by atoms with Gasteiger partial charge in [-0.3, -0.25) is 0 Å². The van der Waals surface area contributed by atoms with E-state index in [1.807, 2.05) is 24.3 Å². The minimum absolute atomic E-state index is 0.0434. The van der Waals surface area contributed by atoms with Crippen molar-refractivity contribution in [1.82, 2.24) is 0 Å².